The van der Waals surface area contributed by atoms with Crippen molar-refractivity contribution in [3.05, 3.63) is 28.2 Å². The van der Waals surface area contributed by atoms with E-state index >= 15 is 0 Å². The van der Waals surface area contributed by atoms with E-state index in [4.69, 9.17) is 27.9 Å². The normalized spacial score (nSPS) is 11.5. The molecule has 0 spiro atoms. The highest BCUT2D eigenvalue weighted by molar-refractivity contribution is 6.34. The van der Waals surface area contributed by atoms with E-state index in [-0.39, 0.29) is 5.41 Å². The Hall–Kier alpha value is -0.400. The predicted molar refractivity (Wildman–Crippen MR) is 61.4 cm³/mol. The molecule has 0 heterocycles. The molecule has 1 aromatic rings. The Labute approximate surface area is 95.0 Å². The van der Waals surface area contributed by atoms with Gasteiger partial charge in [-0.2, -0.15) is 0 Å². The van der Waals surface area contributed by atoms with Gasteiger partial charge in [0.1, 0.15) is 5.75 Å². The minimum Gasteiger partial charge on any atom is -0.493 e. The number of ether oxygens (including phenoxy) is 1. The maximum Gasteiger partial charge on any atom is 0.122 e. The van der Waals surface area contributed by atoms with Crippen molar-refractivity contribution in [1.29, 1.82) is 0 Å². The van der Waals surface area contributed by atoms with Gasteiger partial charge in [0.2, 0.25) is 0 Å². The summed E-state index contributed by atoms with van der Waals surface area (Å²) in [5, 5.41) is 1.20. The summed E-state index contributed by atoms with van der Waals surface area (Å²) in [5.41, 5.74) is 0.134. The Kier molecular flexibility index (Phi) is 3.68. The fourth-order valence-electron chi connectivity index (χ4n) is 0.912. The second kappa shape index (κ2) is 4.41. The largest absolute Gasteiger partial charge is 0.493 e. The van der Waals surface area contributed by atoms with Crippen LogP contribution in [0.2, 0.25) is 10.0 Å². The van der Waals surface area contributed by atoms with E-state index in [0.29, 0.717) is 16.7 Å². The molecule has 14 heavy (non-hydrogen) atoms. The molecule has 3 heteroatoms. The molecule has 0 aliphatic carbocycles. The van der Waals surface area contributed by atoms with Gasteiger partial charge in [0.15, 0.2) is 0 Å². The van der Waals surface area contributed by atoms with E-state index in [9.17, 15) is 0 Å². The molecule has 78 valence electrons. The fraction of sp³-hybridized carbons (Fsp3) is 0.455. The Morgan fingerprint density at radius 2 is 1.57 bits per heavy atom. The van der Waals surface area contributed by atoms with E-state index in [1.807, 2.05) is 0 Å². The van der Waals surface area contributed by atoms with Crippen LogP contribution < -0.4 is 4.74 Å². The molecule has 0 amide bonds. The van der Waals surface area contributed by atoms with Gasteiger partial charge in [-0.15, -0.1) is 0 Å². The van der Waals surface area contributed by atoms with E-state index < -0.39 is 0 Å². The molecule has 1 rings (SSSR count). The first-order valence-corrected chi connectivity index (χ1v) is 5.21. The second-order valence-corrected chi connectivity index (χ2v) is 5.33. The third-order valence-electron chi connectivity index (χ3n) is 1.51. The molecule has 0 atom stereocenters. The maximum absolute atomic E-state index is 5.84. The maximum atomic E-state index is 5.84. The van der Waals surface area contributed by atoms with Gasteiger partial charge in [0, 0.05) is 10.0 Å². The molecule has 0 saturated carbocycles. The molecule has 0 aliphatic heterocycles. The summed E-state index contributed by atoms with van der Waals surface area (Å²) < 4.78 is 5.56. The molecule has 0 fully saturated rings. The fourth-order valence-corrected chi connectivity index (χ4v) is 1.42. The number of hydrogen-bond donors (Lipinski definition) is 0. The lowest BCUT2D eigenvalue weighted by molar-refractivity contribution is 0.198. The van der Waals surface area contributed by atoms with Crippen molar-refractivity contribution in [3.8, 4) is 5.75 Å². The molecule has 0 unspecified atom stereocenters. The van der Waals surface area contributed by atoms with Crippen molar-refractivity contribution < 1.29 is 4.74 Å². The molecule has 0 saturated heterocycles. The summed E-state index contributed by atoms with van der Waals surface area (Å²) in [4.78, 5) is 0. The van der Waals surface area contributed by atoms with Gasteiger partial charge in [-0.3, -0.25) is 0 Å². The minimum atomic E-state index is 0.134. The monoisotopic (exact) mass is 232 g/mol. The van der Waals surface area contributed by atoms with Gasteiger partial charge in [0.25, 0.3) is 0 Å². The molecule has 0 radical (unpaired) electrons. The highest BCUT2D eigenvalue weighted by Gasteiger charge is 2.11. The zero-order valence-corrected chi connectivity index (χ0v) is 10.1. The quantitative estimate of drug-likeness (QED) is 0.734. The Morgan fingerprint density at radius 3 is 2.00 bits per heavy atom. The number of halogens is 2. The zero-order valence-electron chi connectivity index (χ0n) is 8.60. The van der Waals surface area contributed by atoms with Crippen molar-refractivity contribution in [2.24, 2.45) is 5.41 Å². The van der Waals surface area contributed by atoms with Crippen LogP contribution in [0.25, 0.3) is 0 Å². The highest BCUT2D eigenvalue weighted by atomic mass is 35.5. The third kappa shape index (κ3) is 4.21. The summed E-state index contributed by atoms with van der Waals surface area (Å²) in [7, 11) is 0. The first-order chi connectivity index (χ1) is 6.37. The lowest BCUT2D eigenvalue weighted by atomic mass is 9.99. The summed E-state index contributed by atoms with van der Waals surface area (Å²) in [6.45, 7) is 6.97. The van der Waals surface area contributed by atoms with Crippen LogP contribution >= 0.6 is 23.2 Å². The van der Waals surface area contributed by atoms with Crippen LogP contribution in [0.1, 0.15) is 20.8 Å². The SMILES string of the molecule is CC(C)(C)COc1cc(Cl)cc(Cl)c1. The Morgan fingerprint density at radius 1 is 1.07 bits per heavy atom. The smallest absolute Gasteiger partial charge is 0.122 e. The second-order valence-electron chi connectivity index (χ2n) is 4.45. The molecular formula is C11H14Cl2O. The summed E-state index contributed by atoms with van der Waals surface area (Å²) in [5.74, 6) is 0.720. The average Bonchev–Trinajstić information content (AvgIpc) is 1.97. The van der Waals surface area contributed by atoms with Crippen LogP contribution in [0.5, 0.6) is 5.75 Å². The molecule has 0 bridgehead atoms. The first-order valence-electron chi connectivity index (χ1n) is 4.46. The van der Waals surface area contributed by atoms with Crippen molar-refractivity contribution in [2.75, 3.05) is 6.61 Å². The van der Waals surface area contributed by atoms with Crippen molar-refractivity contribution in [1.82, 2.24) is 0 Å². The lowest BCUT2D eigenvalue weighted by Crippen LogP contribution is -2.16. The van der Waals surface area contributed by atoms with E-state index in [0.717, 1.165) is 5.75 Å². The van der Waals surface area contributed by atoms with Gasteiger partial charge in [-0.1, -0.05) is 44.0 Å². The van der Waals surface area contributed by atoms with Crippen LogP contribution in [-0.4, -0.2) is 6.61 Å². The molecule has 0 N–H and O–H groups in total. The van der Waals surface area contributed by atoms with E-state index in [2.05, 4.69) is 20.8 Å². The van der Waals surface area contributed by atoms with Gasteiger partial charge in [-0.25, -0.2) is 0 Å². The Balaban J connectivity index is 2.68. The molecule has 0 aromatic heterocycles. The Bertz CT molecular complexity index is 295. The lowest BCUT2D eigenvalue weighted by Gasteiger charge is -2.18. The van der Waals surface area contributed by atoms with E-state index in [1.165, 1.54) is 0 Å². The van der Waals surface area contributed by atoms with Crippen molar-refractivity contribution >= 4 is 23.2 Å². The van der Waals surface area contributed by atoms with Crippen LogP contribution in [0, 0.1) is 5.41 Å². The van der Waals surface area contributed by atoms with Gasteiger partial charge in [-0.05, 0) is 23.6 Å². The van der Waals surface area contributed by atoms with Crippen LogP contribution in [0.3, 0.4) is 0 Å². The first kappa shape index (κ1) is 11.7. The number of hydrogen-bond acceptors (Lipinski definition) is 1. The molecule has 0 aliphatic rings. The zero-order chi connectivity index (χ0) is 10.8. The number of benzene rings is 1. The minimum absolute atomic E-state index is 0.134. The molecular weight excluding hydrogens is 219 g/mol. The summed E-state index contributed by atoms with van der Waals surface area (Å²) in [6.07, 6.45) is 0. The van der Waals surface area contributed by atoms with Crippen LogP contribution in [-0.2, 0) is 0 Å². The predicted octanol–water partition coefficient (Wildman–Crippen LogP) is 4.42. The van der Waals surface area contributed by atoms with Crippen LogP contribution in [0.4, 0.5) is 0 Å². The molecule has 1 aromatic carbocycles. The highest BCUT2D eigenvalue weighted by Crippen LogP contribution is 2.25. The summed E-state index contributed by atoms with van der Waals surface area (Å²) >= 11 is 11.7. The van der Waals surface area contributed by atoms with Gasteiger partial charge >= 0.3 is 0 Å². The van der Waals surface area contributed by atoms with Gasteiger partial charge < -0.3 is 4.74 Å². The third-order valence-corrected chi connectivity index (χ3v) is 1.94. The average molecular weight is 233 g/mol. The van der Waals surface area contributed by atoms with Crippen molar-refractivity contribution in [3.63, 3.8) is 0 Å². The van der Waals surface area contributed by atoms with E-state index in [1.54, 1.807) is 18.2 Å². The van der Waals surface area contributed by atoms with Gasteiger partial charge in [0.05, 0.1) is 6.61 Å². The van der Waals surface area contributed by atoms with Crippen molar-refractivity contribution in [2.45, 2.75) is 20.8 Å². The van der Waals surface area contributed by atoms with Crippen LogP contribution in [0.15, 0.2) is 18.2 Å². The molecule has 1 nitrogen and oxygen atoms in total. The summed E-state index contributed by atoms with van der Waals surface area (Å²) in [6, 6.07) is 5.21. The number of rotatable bonds is 2. The topological polar surface area (TPSA) is 9.23 Å². The standard InChI is InChI=1S/C11H14Cl2O/c1-11(2,3)7-14-10-5-8(12)4-9(13)6-10/h4-6H,7H2,1-3H3.